The lowest BCUT2D eigenvalue weighted by Crippen LogP contribution is -1.98. The van der Waals surface area contributed by atoms with Crippen LogP contribution in [0.15, 0.2) is 29.4 Å². The molecule has 1 aromatic heterocycles. The summed E-state index contributed by atoms with van der Waals surface area (Å²) in [5, 5.41) is 9.07. The van der Waals surface area contributed by atoms with E-state index in [1.165, 1.54) is 17.3 Å². The summed E-state index contributed by atoms with van der Waals surface area (Å²) < 4.78 is 1.92. The predicted molar refractivity (Wildman–Crippen MR) is 72.6 cm³/mol. The quantitative estimate of drug-likeness (QED) is 0.793. The molecule has 94 valence electrons. The van der Waals surface area contributed by atoms with Crippen LogP contribution in [0.5, 0.6) is 0 Å². The number of hydrogen-bond donors (Lipinski definition) is 0. The monoisotopic (exact) mass is 261 g/mol. The molecule has 1 heterocycles. The summed E-state index contributed by atoms with van der Waals surface area (Å²) in [6, 6.07) is 8.13. The molecule has 0 saturated carbocycles. The smallest absolute Gasteiger partial charge is 0.191 e. The normalized spacial score (nSPS) is 10.6. The van der Waals surface area contributed by atoms with Crippen molar-refractivity contribution >= 4 is 17.5 Å². The number of ketones is 1. The van der Waals surface area contributed by atoms with Gasteiger partial charge in [0.05, 0.1) is 5.75 Å². The molecular formula is C13H15N3OS. The molecule has 5 heteroatoms. The Morgan fingerprint density at radius 2 is 2.17 bits per heavy atom. The minimum Gasteiger partial charge on any atom is -0.305 e. The van der Waals surface area contributed by atoms with Crippen molar-refractivity contribution in [2.45, 2.75) is 19.0 Å². The lowest BCUT2D eigenvalue weighted by atomic mass is 10.1. The molecule has 0 amide bonds. The molecule has 0 aliphatic rings. The molecule has 2 aromatic rings. The first-order valence-electron chi connectivity index (χ1n) is 5.66. The fraction of sp³-hybridized carbons (Fsp3) is 0.308. The molecule has 0 atom stereocenters. The van der Waals surface area contributed by atoms with Crippen molar-refractivity contribution in [3.8, 4) is 11.4 Å². The number of aryl methyl sites for hydroxylation is 1. The van der Waals surface area contributed by atoms with Crippen molar-refractivity contribution in [3.05, 3.63) is 29.8 Å². The first-order chi connectivity index (χ1) is 8.58. The number of rotatable bonds is 4. The zero-order chi connectivity index (χ0) is 13.1. The highest BCUT2D eigenvalue weighted by Gasteiger charge is 2.11. The van der Waals surface area contributed by atoms with Crippen LogP contribution in [-0.4, -0.2) is 26.3 Å². The summed E-state index contributed by atoms with van der Waals surface area (Å²) in [7, 11) is 1.92. The van der Waals surface area contributed by atoms with Crippen LogP contribution < -0.4 is 0 Å². The lowest BCUT2D eigenvalue weighted by molar-refractivity contribution is -0.114. The third-order valence-electron chi connectivity index (χ3n) is 2.52. The van der Waals surface area contributed by atoms with E-state index >= 15 is 0 Å². The highest BCUT2D eigenvalue weighted by Crippen LogP contribution is 2.23. The van der Waals surface area contributed by atoms with E-state index in [1.54, 1.807) is 6.92 Å². The first kappa shape index (κ1) is 12.8. The SMILES string of the molecule is CC(=O)CSc1nnc(-c2cccc(C)c2)n1C. The fourth-order valence-corrected chi connectivity index (χ4v) is 2.35. The maximum atomic E-state index is 11.0. The number of hydrogen-bond acceptors (Lipinski definition) is 4. The van der Waals surface area contributed by atoms with Gasteiger partial charge in [0.2, 0.25) is 0 Å². The molecule has 0 unspecified atom stereocenters. The van der Waals surface area contributed by atoms with E-state index in [0.29, 0.717) is 5.75 Å². The molecular weight excluding hydrogens is 246 g/mol. The Morgan fingerprint density at radius 1 is 1.39 bits per heavy atom. The van der Waals surface area contributed by atoms with Gasteiger partial charge in [-0.1, -0.05) is 35.5 Å². The Kier molecular flexibility index (Phi) is 3.81. The summed E-state index contributed by atoms with van der Waals surface area (Å²) in [6.07, 6.45) is 0. The van der Waals surface area contributed by atoms with Crippen molar-refractivity contribution in [1.29, 1.82) is 0 Å². The Bertz CT molecular complexity index is 577. The van der Waals surface area contributed by atoms with Crippen LogP contribution in [0.2, 0.25) is 0 Å². The van der Waals surface area contributed by atoms with Crippen molar-refractivity contribution in [3.63, 3.8) is 0 Å². The van der Waals surface area contributed by atoms with E-state index in [1.807, 2.05) is 36.7 Å². The summed E-state index contributed by atoms with van der Waals surface area (Å²) >= 11 is 1.41. The van der Waals surface area contributed by atoms with Crippen LogP contribution in [0.25, 0.3) is 11.4 Å². The largest absolute Gasteiger partial charge is 0.305 e. The van der Waals surface area contributed by atoms with Gasteiger partial charge in [-0.25, -0.2) is 0 Å². The summed E-state index contributed by atoms with van der Waals surface area (Å²) in [5.41, 5.74) is 2.23. The number of nitrogens with zero attached hydrogens (tertiary/aromatic N) is 3. The number of Topliss-reactive ketones (excluding diaryl/α,β-unsaturated/α-hetero) is 1. The fourth-order valence-electron chi connectivity index (χ4n) is 1.64. The molecule has 0 radical (unpaired) electrons. The topological polar surface area (TPSA) is 47.8 Å². The van der Waals surface area contributed by atoms with E-state index in [9.17, 15) is 4.79 Å². The summed E-state index contributed by atoms with van der Waals surface area (Å²) in [5.74, 6) is 1.39. The van der Waals surface area contributed by atoms with Gasteiger partial charge in [-0.2, -0.15) is 0 Å². The van der Waals surface area contributed by atoms with Crippen molar-refractivity contribution in [2.24, 2.45) is 7.05 Å². The van der Waals surface area contributed by atoms with E-state index < -0.39 is 0 Å². The second-order valence-corrected chi connectivity index (χ2v) is 5.17. The maximum Gasteiger partial charge on any atom is 0.191 e. The van der Waals surface area contributed by atoms with Gasteiger partial charge < -0.3 is 4.57 Å². The molecule has 0 fully saturated rings. The molecule has 0 aliphatic carbocycles. The van der Waals surface area contributed by atoms with Gasteiger partial charge in [0.15, 0.2) is 11.0 Å². The molecule has 0 N–H and O–H groups in total. The Balaban J connectivity index is 2.28. The Morgan fingerprint density at radius 3 is 2.83 bits per heavy atom. The van der Waals surface area contributed by atoms with Gasteiger partial charge >= 0.3 is 0 Å². The van der Waals surface area contributed by atoms with Crippen molar-refractivity contribution in [2.75, 3.05) is 5.75 Å². The number of aromatic nitrogens is 3. The molecule has 4 nitrogen and oxygen atoms in total. The number of carbonyl (C=O) groups excluding carboxylic acids is 1. The van der Waals surface area contributed by atoms with Gasteiger partial charge in [-0.15, -0.1) is 10.2 Å². The summed E-state index contributed by atoms with van der Waals surface area (Å²) in [4.78, 5) is 11.0. The molecule has 0 aliphatic heterocycles. The van der Waals surface area contributed by atoms with Crippen LogP contribution >= 0.6 is 11.8 Å². The van der Waals surface area contributed by atoms with Crippen LogP contribution in [0, 0.1) is 6.92 Å². The molecule has 1 aromatic carbocycles. The predicted octanol–water partition coefficient (Wildman–Crippen LogP) is 2.47. The minimum absolute atomic E-state index is 0.139. The minimum atomic E-state index is 0.139. The van der Waals surface area contributed by atoms with Crippen LogP contribution in [0.1, 0.15) is 12.5 Å². The zero-order valence-corrected chi connectivity index (χ0v) is 11.5. The Labute approximate surface area is 110 Å². The third-order valence-corrected chi connectivity index (χ3v) is 3.68. The van der Waals surface area contributed by atoms with Gasteiger partial charge in [0.25, 0.3) is 0 Å². The highest BCUT2D eigenvalue weighted by molar-refractivity contribution is 7.99. The number of benzene rings is 1. The second kappa shape index (κ2) is 5.35. The number of thioether (sulfide) groups is 1. The molecule has 18 heavy (non-hydrogen) atoms. The Hall–Kier alpha value is -1.62. The van der Waals surface area contributed by atoms with Crippen LogP contribution in [0.4, 0.5) is 0 Å². The zero-order valence-electron chi connectivity index (χ0n) is 10.7. The molecule has 0 saturated heterocycles. The first-order valence-corrected chi connectivity index (χ1v) is 6.65. The van der Waals surface area contributed by atoms with Gasteiger partial charge in [0.1, 0.15) is 5.78 Å². The average Bonchev–Trinajstić information content (AvgIpc) is 2.68. The highest BCUT2D eigenvalue weighted by atomic mass is 32.2. The molecule has 0 spiro atoms. The van der Waals surface area contributed by atoms with Gasteiger partial charge in [-0.05, 0) is 19.9 Å². The van der Waals surface area contributed by atoms with Crippen LogP contribution in [0.3, 0.4) is 0 Å². The third kappa shape index (κ3) is 2.79. The second-order valence-electron chi connectivity index (χ2n) is 4.23. The molecule has 2 rings (SSSR count). The standard InChI is InChI=1S/C13H15N3OS/c1-9-5-4-6-11(7-9)12-14-15-13(16(12)3)18-8-10(2)17/h4-7H,8H2,1-3H3. The van der Waals surface area contributed by atoms with Gasteiger partial charge in [-0.3, -0.25) is 4.79 Å². The van der Waals surface area contributed by atoms with E-state index in [-0.39, 0.29) is 5.78 Å². The number of carbonyl (C=O) groups is 1. The van der Waals surface area contributed by atoms with E-state index in [2.05, 4.69) is 16.3 Å². The lowest BCUT2D eigenvalue weighted by Gasteiger charge is -2.03. The van der Waals surface area contributed by atoms with Crippen molar-refractivity contribution in [1.82, 2.24) is 14.8 Å². The van der Waals surface area contributed by atoms with Crippen LogP contribution in [-0.2, 0) is 11.8 Å². The van der Waals surface area contributed by atoms with Gasteiger partial charge in [0, 0.05) is 12.6 Å². The van der Waals surface area contributed by atoms with E-state index in [4.69, 9.17) is 0 Å². The van der Waals surface area contributed by atoms with E-state index in [0.717, 1.165) is 16.5 Å². The van der Waals surface area contributed by atoms with Crippen molar-refractivity contribution < 1.29 is 4.79 Å². The average molecular weight is 261 g/mol. The maximum absolute atomic E-state index is 11.0. The molecule has 0 bridgehead atoms. The summed E-state index contributed by atoms with van der Waals surface area (Å²) in [6.45, 7) is 3.62.